The largest absolute Gasteiger partial charge is 0.484 e. The molecular formula is C15H11F5N2O2S. The second-order valence-electron chi connectivity index (χ2n) is 4.62. The van der Waals surface area contributed by atoms with Gasteiger partial charge in [0.25, 0.3) is 11.7 Å². The number of alkyl halides is 5. The van der Waals surface area contributed by atoms with Crippen molar-refractivity contribution < 1.29 is 31.5 Å². The number of amides is 1. The molecule has 10 heteroatoms. The molecule has 0 unspecified atom stereocenters. The Morgan fingerprint density at radius 2 is 1.88 bits per heavy atom. The minimum absolute atomic E-state index is 0.0225. The van der Waals surface area contributed by atoms with E-state index in [-0.39, 0.29) is 33.8 Å². The maximum Gasteiger partial charge on any atom is 0.422 e. The number of carbonyl (C=O) groups excluding carboxylic acids is 1. The topological polar surface area (TPSA) is 51.2 Å². The van der Waals surface area contributed by atoms with Crippen molar-refractivity contribution in [3.8, 4) is 5.75 Å². The first-order chi connectivity index (χ1) is 11.7. The van der Waals surface area contributed by atoms with Crippen LogP contribution in [0, 0.1) is 0 Å². The van der Waals surface area contributed by atoms with Crippen LogP contribution in [-0.2, 0) is 0 Å². The average molecular weight is 378 g/mol. The van der Waals surface area contributed by atoms with Crippen molar-refractivity contribution in [1.29, 1.82) is 0 Å². The van der Waals surface area contributed by atoms with E-state index in [0.29, 0.717) is 0 Å². The predicted molar refractivity (Wildman–Crippen MR) is 82.0 cm³/mol. The zero-order valence-electron chi connectivity index (χ0n) is 12.4. The third-order valence-electron chi connectivity index (χ3n) is 2.73. The van der Waals surface area contributed by atoms with Gasteiger partial charge in [-0.3, -0.25) is 4.79 Å². The minimum atomic E-state index is -4.45. The minimum Gasteiger partial charge on any atom is -0.484 e. The standard InChI is InChI=1S/C15H11F5N2O2S/c16-14(17)25-13-11(2-1-7-21-13)12(23)22-9-3-5-10(6-4-9)24-8-15(18,19)20/h1-7,14H,8H2,(H,22,23). The third-order valence-corrected chi connectivity index (χ3v) is 3.46. The number of rotatable bonds is 6. The van der Waals surface area contributed by atoms with Gasteiger partial charge in [-0.1, -0.05) is 0 Å². The van der Waals surface area contributed by atoms with Gasteiger partial charge in [-0.15, -0.1) is 0 Å². The lowest BCUT2D eigenvalue weighted by molar-refractivity contribution is -0.153. The van der Waals surface area contributed by atoms with Crippen molar-refractivity contribution in [3.63, 3.8) is 0 Å². The molecule has 0 atom stereocenters. The Morgan fingerprint density at radius 3 is 2.48 bits per heavy atom. The van der Waals surface area contributed by atoms with Gasteiger partial charge in [0, 0.05) is 11.9 Å². The SMILES string of the molecule is O=C(Nc1ccc(OCC(F)(F)F)cc1)c1cccnc1SC(F)F. The molecule has 1 aromatic heterocycles. The summed E-state index contributed by atoms with van der Waals surface area (Å²) in [5.41, 5.74) is 0.228. The van der Waals surface area contributed by atoms with Crippen LogP contribution < -0.4 is 10.1 Å². The highest BCUT2D eigenvalue weighted by molar-refractivity contribution is 7.99. The lowest BCUT2D eigenvalue weighted by Gasteiger charge is -2.11. The second kappa shape index (κ2) is 8.15. The summed E-state index contributed by atoms with van der Waals surface area (Å²) in [7, 11) is 0. The maximum atomic E-state index is 12.5. The first-order valence-electron chi connectivity index (χ1n) is 6.75. The fraction of sp³-hybridized carbons (Fsp3) is 0.200. The lowest BCUT2D eigenvalue weighted by atomic mass is 10.2. The fourth-order valence-electron chi connectivity index (χ4n) is 1.74. The Morgan fingerprint density at radius 1 is 1.20 bits per heavy atom. The number of ether oxygens (including phenoxy) is 1. The number of anilines is 1. The molecule has 2 aromatic rings. The zero-order valence-corrected chi connectivity index (χ0v) is 13.2. The molecule has 1 aromatic carbocycles. The first-order valence-corrected chi connectivity index (χ1v) is 7.63. The monoisotopic (exact) mass is 378 g/mol. The van der Waals surface area contributed by atoms with E-state index in [1.54, 1.807) is 0 Å². The second-order valence-corrected chi connectivity index (χ2v) is 5.60. The normalized spacial score (nSPS) is 11.4. The molecule has 0 bridgehead atoms. The van der Waals surface area contributed by atoms with Crippen LogP contribution in [0.4, 0.5) is 27.6 Å². The van der Waals surface area contributed by atoms with Gasteiger partial charge >= 0.3 is 6.18 Å². The fourth-order valence-corrected chi connectivity index (χ4v) is 2.32. The Bertz CT molecular complexity index is 723. The van der Waals surface area contributed by atoms with Crippen LogP contribution in [0.1, 0.15) is 10.4 Å². The summed E-state index contributed by atoms with van der Waals surface area (Å²) >= 11 is 0.143. The summed E-state index contributed by atoms with van der Waals surface area (Å²) < 4.78 is 65.7. The Kier molecular flexibility index (Phi) is 6.18. The van der Waals surface area contributed by atoms with Crippen molar-refractivity contribution in [1.82, 2.24) is 4.98 Å². The number of nitrogens with one attached hydrogen (secondary N) is 1. The van der Waals surface area contributed by atoms with Crippen LogP contribution in [0.3, 0.4) is 0 Å². The molecule has 1 amide bonds. The van der Waals surface area contributed by atoms with Crippen LogP contribution in [-0.4, -0.2) is 29.4 Å². The molecule has 0 radical (unpaired) electrons. The van der Waals surface area contributed by atoms with Crippen LogP contribution in [0.5, 0.6) is 5.75 Å². The van der Waals surface area contributed by atoms with Crippen molar-refractivity contribution in [2.24, 2.45) is 0 Å². The first kappa shape index (κ1) is 19.0. The average Bonchev–Trinajstić information content (AvgIpc) is 2.53. The van der Waals surface area contributed by atoms with Crippen molar-refractivity contribution in [2.75, 3.05) is 11.9 Å². The summed E-state index contributed by atoms with van der Waals surface area (Å²) in [6.07, 6.45) is -3.17. The van der Waals surface area contributed by atoms with E-state index in [4.69, 9.17) is 0 Å². The smallest absolute Gasteiger partial charge is 0.422 e. The van der Waals surface area contributed by atoms with Gasteiger partial charge in [-0.05, 0) is 48.2 Å². The summed E-state index contributed by atoms with van der Waals surface area (Å²) in [5, 5.41) is 2.33. The van der Waals surface area contributed by atoms with Crippen molar-refractivity contribution >= 4 is 23.4 Å². The van der Waals surface area contributed by atoms with E-state index in [9.17, 15) is 26.7 Å². The number of aromatic nitrogens is 1. The molecule has 0 aliphatic heterocycles. The highest BCUT2D eigenvalue weighted by Gasteiger charge is 2.28. The lowest BCUT2D eigenvalue weighted by Crippen LogP contribution is -2.19. The van der Waals surface area contributed by atoms with Crippen LogP contribution in [0.2, 0.25) is 0 Å². The molecular weight excluding hydrogens is 367 g/mol. The molecule has 4 nitrogen and oxygen atoms in total. The number of benzene rings is 1. The van der Waals surface area contributed by atoms with Gasteiger partial charge in [0.05, 0.1) is 5.56 Å². The summed E-state index contributed by atoms with van der Waals surface area (Å²) in [4.78, 5) is 15.9. The molecule has 0 spiro atoms. The molecule has 2 rings (SSSR count). The Hall–Kier alpha value is -2.36. The van der Waals surface area contributed by atoms with Gasteiger partial charge < -0.3 is 10.1 Å². The summed E-state index contributed by atoms with van der Waals surface area (Å²) in [5.74, 6) is -3.42. The van der Waals surface area contributed by atoms with Gasteiger partial charge in [0.1, 0.15) is 10.8 Å². The molecule has 0 fully saturated rings. The molecule has 1 N–H and O–H groups in total. The molecule has 0 saturated heterocycles. The van der Waals surface area contributed by atoms with E-state index in [0.717, 1.165) is 0 Å². The predicted octanol–water partition coefficient (Wildman–Crippen LogP) is 4.59. The van der Waals surface area contributed by atoms with E-state index in [1.165, 1.54) is 42.6 Å². The van der Waals surface area contributed by atoms with Gasteiger partial charge in [-0.25, -0.2) is 4.98 Å². The van der Waals surface area contributed by atoms with E-state index >= 15 is 0 Å². The number of hydrogen-bond acceptors (Lipinski definition) is 4. The molecule has 0 saturated carbocycles. The number of thioether (sulfide) groups is 1. The quantitative estimate of drug-likeness (QED) is 0.590. The van der Waals surface area contributed by atoms with Gasteiger partial charge in [-0.2, -0.15) is 22.0 Å². The van der Waals surface area contributed by atoms with Crippen molar-refractivity contribution in [3.05, 3.63) is 48.2 Å². The molecule has 0 aliphatic rings. The van der Waals surface area contributed by atoms with Crippen LogP contribution in [0.25, 0.3) is 0 Å². The summed E-state index contributed by atoms with van der Waals surface area (Å²) in [6.45, 7) is -1.43. The highest BCUT2D eigenvalue weighted by atomic mass is 32.2. The Labute approximate surface area is 143 Å². The molecule has 134 valence electrons. The maximum absolute atomic E-state index is 12.5. The highest BCUT2D eigenvalue weighted by Crippen LogP contribution is 2.27. The number of nitrogens with zero attached hydrogens (tertiary/aromatic N) is 1. The molecule has 25 heavy (non-hydrogen) atoms. The van der Waals surface area contributed by atoms with Crippen LogP contribution in [0.15, 0.2) is 47.6 Å². The number of pyridine rings is 1. The van der Waals surface area contributed by atoms with E-state index in [2.05, 4.69) is 15.0 Å². The molecule has 0 aliphatic carbocycles. The third kappa shape index (κ3) is 6.22. The number of hydrogen-bond donors (Lipinski definition) is 1. The number of carbonyl (C=O) groups is 1. The van der Waals surface area contributed by atoms with E-state index in [1.807, 2.05) is 0 Å². The Balaban J connectivity index is 2.04. The van der Waals surface area contributed by atoms with Gasteiger partial charge in [0.2, 0.25) is 0 Å². The van der Waals surface area contributed by atoms with Crippen LogP contribution >= 0.6 is 11.8 Å². The van der Waals surface area contributed by atoms with E-state index < -0.39 is 24.4 Å². The number of halogens is 5. The van der Waals surface area contributed by atoms with Gasteiger partial charge in [0.15, 0.2) is 6.61 Å². The zero-order chi connectivity index (χ0) is 18.4. The molecule has 1 heterocycles. The summed E-state index contributed by atoms with van der Waals surface area (Å²) in [6, 6.07) is 7.94. The van der Waals surface area contributed by atoms with Crippen molar-refractivity contribution in [2.45, 2.75) is 17.0 Å².